The van der Waals surface area contributed by atoms with Crippen molar-refractivity contribution >= 4 is 23.4 Å². The zero-order valence-corrected chi connectivity index (χ0v) is 16.4. The van der Waals surface area contributed by atoms with E-state index in [4.69, 9.17) is 11.6 Å². The summed E-state index contributed by atoms with van der Waals surface area (Å²) in [6.07, 6.45) is 0.475. The number of carbonyl (C=O) groups excluding carboxylic acids is 2. The Kier molecular flexibility index (Phi) is 5.64. The topological polar surface area (TPSA) is 61.4 Å². The fourth-order valence-corrected chi connectivity index (χ4v) is 4.27. The lowest BCUT2D eigenvalue weighted by atomic mass is 10.0. The fraction of sp³-hybridized carbons (Fsp3) is 0.364. The van der Waals surface area contributed by atoms with E-state index in [1.807, 2.05) is 35.2 Å². The van der Waals surface area contributed by atoms with Crippen LogP contribution in [0.3, 0.4) is 0 Å². The summed E-state index contributed by atoms with van der Waals surface area (Å²) in [6, 6.07) is 15.9. The van der Waals surface area contributed by atoms with Gasteiger partial charge in [-0.25, -0.2) is 0 Å². The summed E-state index contributed by atoms with van der Waals surface area (Å²) in [4.78, 5) is 27.9. The monoisotopic (exact) mass is 397 g/mol. The van der Waals surface area contributed by atoms with E-state index in [1.165, 1.54) is 0 Å². The molecule has 0 radical (unpaired) electrons. The van der Waals surface area contributed by atoms with E-state index in [-0.39, 0.29) is 11.8 Å². The molecule has 2 amide bonds. The molecule has 146 valence electrons. The smallest absolute Gasteiger partial charge is 0.251 e. The maximum Gasteiger partial charge on any atom is 0.251 e. The van der Waals surface area contributed by atoms with Gasteiger partial charge >= 0.3 is 0 Å². The van der Waals surface area contributed by atoms with E-state index in [9.17, 15) is 9.59 Å². The molecule has 0 bridgehead atoms. The number of hydrogen-bond acceptors (Lipinski definition) is 3. The van der Waals surface area contributed by atoms with Crippen LogP contribution in [-0.4, -0.2) is 48.9 Å². The van der Waals surface area contributed by atoms with E-state index in [0.717, 1.165) is 31.7 Å². The normalized spacial score (nSPS) is 22.0. The minimum Gasteiger partial charge on any atom is -0.340 e. The second-order valence-corrected chi connectivity index (χ2v) is 8.08. The van der Waals surface area contributed by atoms with Gasteiger partial charge in [-0.3, -0.25) is 9.59 Å². The highest BCUT2D eigenvalue weighted by atomic mass is 35.5. The summed E-state index contributed by atoms with van der Waals surface area (Å²) in [7, 11) is 0. The SMILES string of the molecule is O=C(NC(Cc1ccccc1)C(=O)N1C[C@H]2CNC[C@H]2C1)c1ccc(Cl)cc1. The number of likely N-dealkylation sites (tertiary alicyclic amines) is 1. The Hall–Kier alpha value is -2.37. The summed E-state index contributed by atoms with van der Waals surface area (Å²) in [6.45, 7) is 3.46. The number of benzene rings is 2. The quantitative estimate of drug-likeness (QED) is 0.814. The molecule has 0 saturated carbocycles. The first-order chi connectivity index (χ1) is 13.6. The number of halogens is 1. The maximum atomic E-state index is 13.3. The van der Waals surface area contributed by atoms with E-state index in [2.05, 4.69) is 10.6 Å². The summed E-state index contributed by atoms with van der Waals surface area (Å²) in [5.41, 5.74) is 1.52. The second-order valence-electron chi connectivity index (χ2n) is 7.64. The number of nitrogens with one attached hydrogen (secondary N) is 2. The summed E-state index contributed by atoms with van der Waals surface area (Å²) in [5, 5.41) is 6.92. The van der Waals surface area contributed by atoms with Gasteiger partial charge in [0.1, 0.15) is 6.04 Å². The molecule has 5 nitrogen and oxygen atoms in total. The molecular formula is C22H24ClN3O2. The van der Waals surface area contributed by atoms with Crippen molar-refractivity contribution in [3.8, 4) is 0 Å². The van der Waals surface area contributed by atoms with Crippen molar-refractivity contribution in [2.75, 3.05) is 26.2 Å². The first-order valence-electron chi connectivity index (χ1n) is 9.70. The largest absolute Gasteiger partial charge is 0.340 e. The van der Waals surface area contributed by atoms with Gasteiger partial charge in [-0.2, -0.15) is 0 Å². The van der Waals surface area contributed by atoms with Crippen LogP contribution in [-0.2, 0) is 11.2 Å². The van der Waals surface area contributed by atoms with Crippen molar-refractivity contribution in [1.29, 1.82) is 0 Å². The predicted molar refractivity (Wildman–Crippen MR) is 109 cm³/mol. The van der Waals surface area contributed by atoms with E-state index < -0.39 is 6.04 Å². The molecule has 2 aliphatic rings. The molecule has 3 atom stereocenters. The summed E-state index contributed by atoms with van der Waals surface area (Å²) in [5.74, 6) is 0.786. The molecule has 6 heteroatoms. The average molecular weight is 398 g/mol. The average Bonchev–Trinajstić information content (AvgIpc) is 3.30. The number of nitrogens with zero attached hydrogens (tertiary/aromatic N) is 1. The predicted octanol–water partition coefficient (Wildman–Crippen LogP) is 2.36. The van der Waals surface area contributed by atoms with Crippen LogP contribution in [0.25, 0.3) is 0 Å². The second kappa shape index (κ2) is 8.33. The Morgan fingerprint density at radius 2 is 1.68 bits per heavy atom. The molecule has 28 heavy (non-hydrogen) atoms. The number of rotatable bonds is 5. The van der Waals surface area contributed by atoms with Crippen LogP contribution < -0.4 is 10.6 Å². The van der Waals surface area contributed by atoms with Crippen molar-refractivity contribution in [3.63, 3.8) is 0 Å². The van der Waals surface area contributed by atoms with Gasteiger partial charge in [0.05, 0.1) is 0 Å². The Balaban J connectivity index is 1.50. The molecule has 2 heterocycles. The van der Waals surface area contributed by atoms with E-state index in [0.29, 0.717) is 28.8 Å². The van der Waals surface area contributed by atoms with Gasteiger partial charge in [0, 0.05) is 43.2 Å². The van der Waals surface area contributed by atoms with Crippen molar-refractivity contribution in [2.24, 2.45) is 11.8 Å². The van der Waals surface area contributed by atoms with E-state index >= 15 is 0 Å². The molecule has 2 aromatic rings. The molecule has 0 aliphatic carbocycles. The van der Waals surface area contributed by atoms with Gasteiger partial charge in [-0.05, 0) is 41.7 Å². The van der Waals surface area contributed by atoms with Gasteiger partial charge in [0.2, 0.25) is 5.91 Å². The minimum atomic E-state index is -0.586. The molecular weight excluding hydrogens is 374 g/mol. The van der Waals surface area contributed by atoms with Gasteiger partial charge in [0.15, 0.2) is 0 Å². The van der Waals surface area contributed by atoms with Crippen LogP contribution in [0.15, 0.2) is 54.6 Å². The lowest BCUT2D eigenvalue weighted by Gasteiger charge is -2.25. The molecule has 2 N–H and O–H groups in total. The van der Waals surface area contributed by atoms with Crippen LogP contribution in [0.2, 0.25) is 5.02 Å². The third-order valence-electron chi connectivity index (χ3n) is 5.69. The van der Waals surface area contributed by atoms with Gasteiger partial charge < -0.3 is 15.5 Å². The number of fused-ring (bicyclic) bond motifs is 1. The van der Waals surface area contributed by atoms with Crippen LogP contribution in [0, 0.1) is 11.8 Å². The van der Waals surface area contributed by atoms with Crippen LogP contribution in [0.5, 0.6) is 0 Å². The fourth-order valence-electron chi connectivity index (χ4n) is 4.15. The van der Waals surface area contributed by atoms with Crippen LogP contribution in [0.1, 0.15) is 15.9 Å². The molecule has 2 saturated heterocycles. The molecule has 2 fully saturated rings. The zero-order chi connectivity index (χ0) is 19.5. The standard InChI is InChI=1S/C22H24ClN3O2/c23-19-8-6-16(7-9-19)21(27)25-20(10-15-4-2-1-3-5-15)22(28)26-13-17-11-24-12-18(17)14-26/h1-9,17-18,20,24H,10-14H2,(H,25,27)/t17-,18+,20?. The third-order valence-corrected chi connectivity index (χ3v) is 5.95. The Morgan fingerprint density at radius 3 is 2.32 bits per heavy atom. The maximum absolute atomic E-state index is 13.3. The summed E-state index contributed by atoms with van der Waals surface area (Å²) < 4.78 is 0. The molecule has 0 spiro atoms. The van der Waals surface area contributed by atoms with Gasteiger partial charge in [-0.15, -0.1) is 0 Å². The molecule has 4 rings (SSSR count). The van der Waals surface area contributed by atoms with Crippen molar-refractivity contribution in [3.05, 3.63) is 70.7 Å². The zero-order valence-electron chi connectivity index (χ0n) is 15.6. The van der Waals surface area contributed by atoms with Crippen molar-refractivity contribution in [1.82, 2.24) is 15.5 Å². The van der Waals surface area contributed by atoms with Crippen molar-refractivity contribution in [2.45, 2.75) is 12.5 Å². The highest BCUT2D eigenvalue weighted by molar-refractivity contribution is 6.30. The summed E-state index contributed by atoms with van der Waals surface area (Å²) >= 11 is 5.91. The Labute approximate surface area is 170 Å². The number of hydrogen-bond donors (Lipinski definition) is 2. The highest BCUT2D eigenvalue weighted by Crippen LogP contribution is 2.27. The third kappa shape index (κ3) is 4.21. The lowest BCUT2D eigenvalue weighted by Crippen LogP contribution is -2.49. The Bertz CT molecular complexity index is 829. The molecule has 1 unspecified atom stereocenters. The minimum absolute atomic E-state index is 0.000525. The van der Waals surface area contributed by atoms with Crippen LogP contribution in [0.4, 0.5) is 0 Å². The Morgan fingerprint density at radius 1 is 1.04 bits per heavy atom. The first-order valence-corrected chi connectivity index (χ1v) is 10.1. The molecule has 0 aromatic heterocycles. The lowest BCUT2D eigenvalue weighted by molar-refractivity contribution is -0.132. The van der Waals surface area contributed by atoms with E-state index in [1.54, 1.807) is 24.3 Å². The van der Waals surface area contributed by atoms with Crippen molar-refractivity contribution < 1.29 is 9.59 Å². The first kappa shape index (κ1) is 19.0. The molecule has 2 aliphatic heterocycles. The van der Waals surface area contributed by atoms with Gasteiger partial charge in [-0.1, -0.05) is 41.9 Å². The number of amides is 2. The highest BCUT2D eigenvalue weighted by Gasteiger charge is 2.40. The molecule has 2 aromatic carbocycles. The van der Waals surface area contributed by atoms with Crippen LogP contribution >= 0.6 is 11.6 Å². The number of carbonyl (C=O) groups is 2. The van der Waals surface area contributed by atoms with Gasteiger partial charge in [0.25, 0.3) is 5.91 Å².